The van der Waals surface area contributed by atoms with Crippen molar-refractivity contribution in [2.45, 2.75) is 18.6 Å². The summed E-state index contributed by atoms with van der Waals surface area (Å²) in [5.41, 5.74) is 7.80. The minimum absolute atomic E-state index is 0.221. The molecule has 0 aliphatic carbocycles. The molecule has 0 aromatic heterocycles. The summed E-state index contributed by atoms with van der Waals surface area (Å²) in [6, 6.07) is 16.2. The molecule has 2 nitrogen and oxygen atoms in total. The predicted octanol–water partition coefficient (Wildman–Crippen LogP) is 3.08. The Bertz CT molecular complexity index is 515. The van der Waals surface area contributed by atoms with E-state index in [1.54, 1.807) is 19.2 Å². The van der Waals surface area contributed by atoms with Crippen molar-refractivity contribution in [2.24, 2.45) is 5.73 Å². The van der Waals surface area contributed by atoms with Crippen molar-refractivity contribution in [3.8, 4) is 0 Å². The highest BCUT2D eigenvalue weighted by Crippen LogP contribution is 2.22. The molecule has 0 saturated heterocycles. The molecule has 0 saturated carbocycles. The van der Waals surface area contributed by atoms with E-state index in [4.69, 9.17) is 10.5 Å². The van der Waals surface area contributed by atoms with Gasteiger partial charge >= 0.3 is 0 Å². The summed E-state index contributed by atoms with van der Waals surface area (Å²) in [6.07, 6.45) is 0.209. The van der Waals surface area contributed by atoms with E-state index >= 15 is 0 Å². The van der Waals surface area contributed by atoms with Crippen molar-refractivity contribution in [2.75, 3.05) is 7.11 Å². The van der Waals surface area contributed by atoms with Gasteiger partial charge in [-0.05, 0) is 23.6 Å². The normalized spacial score (nSPS) is 14.1. The van der Waals surface area contributed by atoms with Gasteiger partial charge in [0, 0.05) is 13.2 Å². The number of nitrogens with two attached hydrogens (primary N) is 1. The molecule has 0 aliphatic rings. The number of rotatable bonds is 5. The lowest BCUT2D eigenvalue weighted by Crippen LogP contribution is -2.32. The highest BCUT2D eigenvalue weighted by atomic mass is 19.1. The fraction of sp³-hybridized carbons (Fsp3) is 0.250. The molecule has 0 amide bonds. The molecule has 2 N–H and O–H groups in total. The number of methoxy groups -OCH3 is 1. The van der Waals surface area contributed by atoms with E-state index in [0.29, 0.717) is 12.0 Å². The first kappa shape index (κ1) is 13.7. The van der Waals surface area contributed by atoms with Gasteiger partial charge in [-0.1, -0.05) is 48.5 Å². The molecule has 2 atom stereocenters. The first-order valence-corrected chi connectivity index (χ1v) is 6.29. The van der Waals surface area contributed by atoms with Gasteiger partial charge in [-0.25, -0.2) is 4.39 Å². The Morgan fingerprint density at radius 2 is 1.68 bits per heavy atom. The van der Waals surface area contributed by atoms with E-state index in [2.05, 4.69) is 0 Å². The molecule has 0 spiro atoms. The van der Waals surface area contributed by atoms with Crippen molar-refractivity contribution in [3.05, 3.63) is 71.5 Å². The lowest BCUT2D eigenvalue weighted by molar-refractivity contribution is 0.0800. The molecule has 0 radical (unpaired) electrons. The van der Waals surface area contributed by atoms with E-state index in [9.17, 15) is 4.39 Å². The fourth-order valence-electron chi connectivity index (χ4n) is 2.23. The molecule has 0 fully saturated rings. The van der Waals surface area contributed by atoms with Gasteiger partial charge in [0.2, 0.25) is 0 Å². The summed E-state index contributed by atoms with van der Waals surface area (Å²) in [5.74, 6) is -0.221. The smallest absolute Gasteiger partial charge is 0.126 e. The van der Waals surface area contributed by atoms with E-state index in [1.165, 1.54) is 6.07 Å². The molecule has 2 rings (SSSR count). The van der Waals surface area contributed by atoms with Crippen LogP contribution in [0.15, 0.2) is 54.6 Å². The Morgan fingerprint density at radius 3 is 2.32 bits per heavy atom. The van der Waals surface area contributed by atoms with E-state index < -0.39 is 0 Å². The summed E-state index contributed by atoms with van der Waals surface area (Å²) in [7, 11) is 1.62. The molecule has 0 bridgehead atoms. The first-order chi connectivity index (χ1) is 9.22. The highest BCUT2D eigenvalue weighted by Gasteiger charge is 2.20. The Morgan fingerprint density at radius 1 is 1.05 bits per heavy atom. The van der Waals surface area contributed by atoms with E-state index in [-0.39, 0.29) is 18.0 Å². The molecule has 2 aromatic carbocycles. The van der Waals surface area contributed by atoms with E-state index in [0.717, 1.165) is 5.56 Å². The molecule has 0 heterocycles. The third-order valence-corrected chi connectivity index (χ3v) is 3.18. The van der Waals surface area contributed by atoms with Crippen LogP contribution < -0.4 is 5.73 Å². The van der Waals surface area contributed by atoms with Gasteiger partial charge in [0.25, 0.3) is 0 Å². The number of ether oxygens (including phenoxy) is 1. The Labute approximate surface area is 113 Å². The second-order valence-corrected chi connectivity index (χ2v) is 4.53. The summed E-state index contributed by atoms with van der Waals surface area (Å²) in [4.78, 5) is 0. The number of halogens is 1. The summed E-state index contributed by atoms with van der Waals surface area (Å²) in [6.45, 7) is 0. The Hall–Kier alpha value is -1.71. The largest absolute Gasteiger partial charge is 0.375 e. The Kier molecular flexibility index (Phi) is 4.66. The average Bonchev–Trinajstić information content (AvgIpc) is 2.43. The third kappa shape index (κ3) is 3.40. The molecular weight excluding hydrogens is 241 g/mol. The molecule has 2 aromatic rings. The standard InChI is InChI=1S/C16H18FNO/c1-19-16(12-7-3-2-4-8-12)15(18)11-13-9-5-6-10-14(13)17/h2-10,15-16H,11,18H2,1H3. The second kappa shape index (κ2) is 6.45. The quantitative estimate of drug-likeness (QED) is 0.895. The zero-order valence-corrected chi connectivity index (χ0v) is 10.9. The van der Waals surface area contributed by atoms with Crippen molar-refractivity contribution < 1.29 is 9.13 Å². The molecule has 2 unspecified atom stereocenters. The van der Waals surface area contributed by atoms with Crippen LogP contribution in [-0.2, 0) is 11.2 Å². The third-order valence-electron chi connectivity index (χ3n) is 3.18. The monoisotopic (exact) mass is 259 g/mol. The second-order valence-electron chi connectivity index (χ2n) is 4.53. The molecule has 3 heteroatoms. The minimum Gasteiger partial charge on any atom is -0.375 e. The lowest BCUT2D eigenvalue weighted by Gasteiger charge is -2.23. The van der Waals surface area contributed by atoms with Crippen LogP contribution in [0.3, 0.4) is 0 Å². The van der Waals surface area contributed by atoms with Crippen LogP contribution >= 0.6 is 0 Å². The number of benzene rings is 2. The topological polar surface area (TPSA) is 35.2 Å². The van der Waals surface area contributed by atoms with Gasteiger partial charge in [-0.15, -0.1) is 0 Å². The minimum atomic E-state index is -0.288. The van der Waals surface area contributed by atoms with Gasteiger partial charge in [0.1, 0.15) is 5.82 Å². The van der Waals surface area contributed by atoms with Crippen molar-refractivity contribution >= 4 is 0 Å². The van der Waals surface area contributed by atoms with Crippen LogP contribution in [0, 0.1) is 5.82 Å². The molecule has 100 valence electrons. The Balaban J connectivity index is 2.14. The summed E-state index contributed by atoms with van der Waals surface area (Å²) in [5, 5.41) is 0. The number of hydrogen-bond acceptors (Lipinski definition) is 2. The zero-order chi connectivity index (χ0) is 13.7. The van der Waals surface area contributed by atoms with Gasteiger partial charge in [0.05, 0.1) is 6.10 Å². The summed E-state index contributed by atoms with van der Waals surface area (Å²) >= 11 is 0. The van der Waals surface area contributed by atoms with Crippen LogP contribution in [0.25, 0.3) is 0 Å². The van der Waals surface area contributed by atoms with Crippen LogP contribution in [-0.4, -0.2) is 13.2 Å². The lowest BCUT2D eigenvalue weighted by atomic mass is 9.96. The van der Waals surface area contributed by atoms with E-state index in [1.807, 2.05) is 36.4 Å². The fourth-order valence-corrected chi connectivity index (χ4v) is 2.23. The average molecular weight is 259 g/mol. The summed E-state index contributed by atoms with van der Waals surface area (Å²) < 4.78 is 19.1. The molecule has 0 aliphatic heterocycles. The van der Waals surface area contributed by atoms with Crippen LogP contribution in [0.5, 0.6) is 0 Å². The van der Waals surface area contributed by atoms with Crippen molar-refractivity contribution in [3.63, 3.8) is 0 Å². The molecular formula is C16H18FNO. The van der Waals surface area contributed by atoms with Crippen molar-refractivity contribution in [1.82, 2.24) is 0 Å². The first-order valence-electron chi connectivity index (χ1n) is 6.29. The van der Waals surface area contributed by atoms with Gasteiger partial charge in [-0.3, -0.25) is 0 Å². The maximum atomic E-state index is 13.6. The predicted molar refractivity (Wildman–Crippen MR) is 74.3 cm³/mol. The molecule has 19 heavy (non-hydrogen) atoms. The van der Waals surface area contributed by atoms with Gasteiger partial charge in [0.15, 0.2) is 0 Å². The maximum absolute atomic E-state index is 13.6. The van der Waals surface area contributed by atoms with Crippen molar-refractivity contribution in [1.29, 1.82) is 0 Å². The zero-order valence-electron chi connectivity index (χ0n) is 10.9. The van der Waals surface area contributed by atoms with Gasteiger partial charge < -0.3 is 10.5 Å². The highest BCUT2D eigenvalue weighted by molar-refractivity contribution is 5.22. The van der Waals surface area contributed by atoms with Crippen LogP contribution in [0.2, 0.25) is 0 Å². The van der Waals surface area contributed by atoms with Crippen LogP contribution in [0.1, 0.15) is 17.2 Å². The SMILES string of the molecule is COC(c1ccccc1)C(N)Cc1ccccc1F. The van der Waals surface area contributed by atoms with Crippen LogP contribution in [0.4, 0.5) is 4.39 Å². The van der Waals surface area contributed by atoms with Gasteiger partial charge in [-0.2, -0.15) is 0 Å². The maximum Gasteiger partial charge on any atom is 0.126 e. The number of hydrogen-bond donors (Lipinski definition) is 1.